The number of pyridine rings is 1. The molecule has 0 N–H and O–H groups in total. The Morgan fingerprint density at radius 1 is 0.842 bits per heavy atom. The van der Waals surface area contributed by atoms with Gasteiger partial charge in [0.1, 0.15) is 6.20 Å². The van der Waals surface area contributed by atoms with E-state index in [0.717, 1.165) is 5.56 Å². The largest absolute Gasteiger partial charge is 0.710 e. The molecule has 0 bridgehead atoms. The number of aromatic nitrogens is 4. The zero-order chi connectivity index (χ0) is 13.1. The van der Waals surface area contributed by atoms with E-state index in [4.69, 9.17) is 0 Å². The zero-order valence-electron chi connectivity index (χ0n) is 9.97. The van der Waals surface area contributed by atoms with Crippen LogP contribution in [-0.4, -0.2) is 15.2 Å². The summed E-state index contributed by atoms with van der Waals surface area (Å²) >= 11 is 0. The Morgan fingerprint density at radius 2 is 1.63 bits per heavy atom. The van der Waals surface area contributed by atoms with Gasteiger partial charge in [-0.25, -0.2) is 9.71 Å². The minimum Gasteiger partial charge on any atom is -0.710 e. The Hall–Kier alpha value is -2.82. The van der Waals surface area contributed by atoms with E-state index in [1.54, 1.807) is 24.4 Å². The molecule has 0 aliphatic rings. The standard InChI is InChI=1S/C14H10N4O/c19-18-10-13(11-6-2-1-3-7-11)16-17-14(18)12-8-4-5-9-15-12/h1-10H. The summed E-state index contributed by atoms with van der Waals surface area (Å²) in [5.41, 5.74) is 1.90. The van der Waals surface area contributed by atoms with Crippen molar-refractivity contribution < 1.29 is 4.73 Å². The second kappa shape index (κ2) is 4.81. The maximum absolute atomic E-state index is 12.0. The summed E-state index contributed by atoms with van der Waals surface area (Å²) in [6.45, 7) is 0. The van der Waals surface area contributed by atoms with Crippen LogP contribution in [0.5, 0.6) is 0 Å². The Morgan fingerprint density at radius 3 is 2.32 bits per heavy atom. The van der Waals surface area contributed by atoms with Gasteiger partial charge < -0.3 is 5.21 Å². The van der Waals surface area contributed by atoms with Gasteiger partial charge in [-0.05, 0) is 17.2 Å². The molecule has 0 aliphatic carbocycles. The molecule has 0 saturated heterocycles. The molecule has 92 valence electrons. The highest BCUT2D eigenvalue weighted by atomic mass is 16.5. The Labute approximate surface area is 109 Å². The Balaban J connectivity index is 2.04. The van der Waals surface area contributed by atoms with E-state index in [1.165, 1.54) is 6.20 Å². The molecule has 0 spiro atoms. The highest BCUT2D eigenvalue weighted by molar-refractivity contribution is 5.57. The van der Waals surface area contributed by atoms with Gasteiger partial charge in [0, 0.05) is 11.8 Å². The quantitative estimate of drug-likeness (QED) is 0.514. The first-order valence-electron chi connectivity index (χ1n) is 5.78. The molecule has 0 radical (unpaired) electrons. The molecular weight excluding hydrogens is 240 g/mol. The van der Waals surface area contributed by atoms with Crippen LogP contribution in [0.4, 0.5) is 0 Å². The van der Waals surface area contributed by atoms with Crippen LogP contribution in [0.25, 0.3) is 22.8 Å². The van der Waals surface area contributed by atoms with Crippen LogP contribution in [0.1, 0.15) is 0 Å². The van der Waals surface area contributed by atoms with Crippen molar-refractivity contribution in [1.29, 1.82) is 0 Å². The summed E-state index contributed by atoms with van der Waals surface area (Å²) < 4.78 is 0.692. The van der Waals surface area contributed by atoms with E-state index in [1.807, 2.05) is 30.3 Å². The second-order valence-corrected chi connectivity index (χ2v) is 3.94. The predicted octanol–water partition coefficient (Wildman–Crippen LogP) is 1.84. The summed E-state index contributed by atoms with van der Waals surface area (Å²) in [6, 6.07) is 14.7. The molecule has 2 heterocycles. The molecule has 5 heteroatoms. The van der Waals surface area contributed by atoms with Crippen molar-refractivity contribution in [2.45, 2.75) is 0 Å². The van der Waals surface area contributed by atoms with Crippen molar-refractivity contribution >= 4 is 0 Å². The summed E-state index contributed by atoms with van der Waals surface area (Å²) in [6.07, 6.45) is 3.02. The van der Waals surface area contributed by atoms with Crippen molar-refractivity contribution in [3.8, 4) is 22.8 Å². The van der Waals surface area contributed by atoms with Gasteiger partial charge in [-0.2, -0.15) is 0 Å². The van der Waals surface area contributed by atoms with Crippen molar-refractivity contribution in [3.05, 3.63) is 66.1 Å². The molecule has 0 saturated carbocycles. The fourth-order valence-corrected chi connectivity index (χ4v) is 1.74. The number of hydrogen-bond donors (Lipinski definition) is 0. The molecule has 1 aromatic carbocycles. The molecule has 0 aliphatic heterocycles. The minimum atomic E-state index is 0.195. The third-order valence-electron chi connectivity index (χ3n) is 2.66. The second-order valence-electron chi connectivity index (χ2n) is 3.94. The van der Waals surface area contributed by atoms with Gasteiger partial charge in [0.25, 0.3) is 0 Å². The number of rotatable bonds is 2. The molecule has 0 unspecified atom stereocenters. The van der Waals surface area contributed by atoms with Crippen molar-refractivity contribution in [1.82, 2.24) is 15.2 Å². The number of hydrogen-bond acceptors (Lipinski definition) is 4. The first-order chi connectivity index (χ1) is 9.34. The van der Waals surface area contributed by atoms with Crippen LogP contribution in [0.3, 0.4) is 0 Å². The monoisotopic (exact) mass is 250 g/mol. The van der Waals surface area contributed by atoms with Gasteiger partial charge in [0.15, 0.2) is 11.4 Å². The molecule has 0 atom stereocenters. The Bertz CT molecular complexity index is 686. The van der Waals surface area contributed by atoms with Crippen LogP contribution < -0.4 is 4.73 Å². The highest BCUT2D eigenvalue weighted by Crippen LogP contribution is 2.15. The average molecular weight is 250 g/mol. The first kappa shape index (κ1) is 11.3. The first-order valence-corrected chi connectivity index (χ1v) is 5.78. The lowest BCUT2D eigenvalue weighted by atomic mass is 10.2. The zero-order valence-corrected chi connectivity index (χ0v) is 9.97. The molecular formula is C14H10N4O. The van der Waals surface area contributed by atoms with E-state index in [9.17, 15) is 5.21 Å². The molecule has 0 amide bonds. The lowest BCUT2D eigenvalue weighted by molar-refractivity contribution is -0.597. The van der Waals surface area contributed by atoms with Crippen LogP contribution >= 0.6 is 0 Å². The number of benzene rings is 1. The normalized spacial score (nSPS) is 10.3. The predicted molar refractivity (Wildman–Crippen MR) is 69.7 cm³/mol. The van der Waals surface area contributed by atoms with Crippen LogP contribution in [0.15, 0.2) is 60.9 Å². The summed E-state index contributed by atoms with van der Waals surface area (Å²) in [7, 11) is 0. The maximum atomic E-state index is 12.0. The maximum Gasteiger partial charge on any atom is 0.379 e. The van der Waals surface area contributed by atoms with Gasteiger partial charge in [-0.1, -0.05) is 36.4 Å². The lowest BCUT2D eigenvalue weighted by Crippen LogP contribution is -2.31. The van der Waals surface area contributed by atoms with Crippen LogP contribution in [-0.2, 0) is 0 Å². The van der Waals surface area contributed by atoms with E-state index in [0.29, 0.717) is 16.1 Å². The van der Waals surface area contributed by atoms with E-state index in [-0.39, 0.29) is 5.82 Å². The topological polar surface area (TPSA) is 65.6 Å². The van der Waals surface area contributed by atoms with Gasteiger partial charge >= 0.3 is 5.82 Å². The number of nitrogens with zero attached hydrogens (tertiary/aromatic N) is 4. The van der Waals surface area contributed by atoms with E-state index < -0.39 is 0 Å². The summed E-state index contributed by atoms with van der Waals surface area (Å²) in [4.78, 5) is 4.09. The van der Waals surface area contributed by atoms with E-state index in [2.05, 4.69) is 15.2 Å². The highest BCUT2D eigenvalue weighted by Gasteiger charge is 2.15. The van der Waals surface area contributed by atoms with E-state index >= 15 is 0 Å². The van der Waals surface area contributed by atoms with Gasteiger partial charge in [0.2, 0.25) is 0 Å². The third kappa shape index (κ3) is 2.26. The average Bonchev–Trinajstić information content (AvgIpc) is 2.49. The molecule has 3 rings (SSSR count). The minimum absolute atomic E-state index is 0.195. The van der Waals surface area contributed by atoms with Gasteiger partial charge in [-0.15, -0.1) is 0 Å². The SMILES string of the molecule is [O-][n+]1cc(-c2ccccc2)nnc1-c1ccccn1. The van der Waals surface area contributed by atoms with Crippen molar-refractivity contribution in [3.63, 3.8) is 0 Å². The molecule has 19 heavy (non-hydrogen) atoms. The van der Waals surface area contributed by atoms with Crippen LogP contribution in [0, 0.1) is 5.21 Å². The smallest absolute Gasteiger partial charge is 0.379 e. The van der Waals surface area contributed by atoms with Gasteiger partial charge in [0.05, 0.1) is 5.10 Å². The van der Waals surface area contributed by atoms with Gasteiger partial charge in [-0.3, -0.25) is 0 Å². The summed E-state index contributed by atoms with van der Waals surface area (Å²) in [5.74, 6) is 0.195. The fraction of sp³-hybridized carbons (Fsp3) is 0. The fourth-order valence-electron chi connectivity index (χ4n) is 1.74. The third-order valence-corrected chi connectivity index (χ3v) is 2.66. The Kier molecular flexibility index (Phi) is 2.86. The summed E-state index contributed by atoms with van der Waals surface area (Å²) in [5, 5.41) is 20.0. The van der Waals surface area contributed by atoms with Crippen LogP contribution in [0.2, 0.25) is 0 Å². The lowest BCUT2D eigenvalue weighted by Gasteiger charge is -2.05. The van der Waals surface area contributed by atoms with Crippen molar-refractivity contribution in [2.75, 3.05) is 0 Å². The molecule has 2 aromatic heterocycles. The molecule has 5 nitrogen and oxygen atoms in total. The molecule has 0 fully saturated rings. The molecule has 3 aromatic rings. The van der Waals surface area contributed by atoms with Crippen molar-refractivity contribution in [2.24, 2.45) is 0 Å².